The molecule has 20 heavy (non-hydrogen) atoms. The summed E-state index contributed by atoms with van der Waals surface area (Å²) in [5.41, 5.74) is 12.4. The zero-order chi connectivity index (χ0) is 14.5. The van der Waals surface area contributed by atoms with Gasteiger partial charge in [-0.3, -0.25) is 0 Å². The van der Waals surface area contributed by atoms with Gasteiger partial charge in [0, 0.05) is 10.6 Å². The fourth-order valence-electron chi connectivity index (χ4n) is 2.51. The topological polar surface area (TPSA) is 26.0 Å². The molecule has 0 aliphatic carbocycles. The summed E-state index contributed by atoms with van der Waals surface area (Å²) in [7, 11) is 0. The molecule has 0 heterocycles. The van der Waals surface area contributed by atoms with Gasteiger partial charge in [0.25, 0.3) is 0 Å². The molecule has 2 aromatic carbocycles. The van der Waals surface area contributed by atoms with Gasteiger partial charge in [0.05, 0.1) is 0 Å². The minimum absolute atomic E-state index is 0.717. The summed E-state index contributed by atoms with van der Waals surface area (Å²) in [6.45, 7) is 7.22. The molecule has 0 unspecified atom stereocenters. The van der Waals surface area contributed by atoms with Crippen LogP contribution in [-0.2, 0) is 12.2 Å². The summed E-state index contributed by atoms with van der Waals surface area (Å²) >= 11 is 1.91. The molecular formula is C18H23NS. The highest BCUT2D eigenvalue weighted by atomic mass is 32.2. The second-order valence-corrected chi connectivity index (χ2v) is 6.44. The van der Waals surface area contributed by atoms with Gasteiger partial charge in [-0.25, -0.2) is 0 Å². The summed E-state index contributed by atoms with van der Waals surface area (Å²) in [6.07, 6.45) is 0.961. The average Bonchev–Trinajstić information content (AvgIpc) is 2.37. The Morgan fingerprint density at radius 2 is 1.60 bits per heavy atom. The van der Waals surface area contributed by atoms with Gasteiger partial charge in [-0.2, -0.15) is 0 Å². The number of aryl methyl sites for hydroxylation is 3. The lowest BCUT2D eigenvalue weighted by Gasteiger charge is -2.09. The summed E-state index contributed by atoms with van der Waals surface area (Å²) < 4.78 is 0. The molecule has 0 bridgehead atoms. The molecule has 1 nitrogen and oxygen atoms in total. The number of benzene rings is 2. The largest absolute Gasteiger partial charge is 0.330 e. The van der Waals surface area contributed by atoms with Crippen LogP contribution in [0.1, 0.15) is 27.8 Å². The van der Waals surface area contributed by atoms with Crippen molar-refractivity contribution < 1.29 is 0 Å². The minimum Gasteiger partial charge on any atom is -0.330 e. The van der Waals surface area contributed by atoms with Crippen LogP contribution in [-0.4, -0.2) is 6.54 Å². The molecule has 0 amide bonds. The standard InChI is InChI=1S/C18H23NS/c1-13-8-14(2)10-17(9-13)12-20-18-5-4-16(6-7-19)11-15(18)3/h4-5,8-11H,6-7,12,19H2,1-3H3. The highest BCUT2D eigenvalue weighted by Gasteiger charge is 2.03. The van der Waals surface area contributed by atoms with E-state index in [4.69, 9.17) is 5.73 Å². The highest BCUT2D eigenvalue weighted by Crippen LogP contribution is 2.27. The van der Waals surface area contributed by atoms with Gasteiger partial charge in [0.15, 0.2) is 0 Å². The second-order valence-electron chi connectivity index (χ2n) is 5.42. The van der Waals surface area contributed by atoms with Gasteiger partial charge < -0.3 is 5.73 Å². The first-order chi connectivity index (χ1) is 9.58. The molecule has 0 aliphatic rings. The smallest absolute Gasteiger partial charge is 0.0232 e. The van der Waals surface area contributed by atoms with E-state index in [0.717, 1.165) is 12.2 Å². The Morgan fingerprint density at radius 1 is 0.900 bits per heavy atom. The monoisotopic (exact) mass is 285 g/mol. The third kappa shape index (κ3) is 4.12. The van der Waals surface area contributed by atoms with E-state index in [1.807, 2.05) is 11.8 Å². The van der Waals surface area contributed by atoms with E-state index in [9.17, 15) is 0 Å². The summed E-state index contributed by atoms with van der Waals surface area (Å²) in [5, 5.41) is 0. The molecule has 2 N–H and O–H groups in total. The van der Waals surface area contributed by atoms with Crippen LogP contribution in [0.25, 0.3) is 0 Å². The molecule has 2 heteroatoms. The van der Waals surface area contributed by atoms with E-state index in [1.54, 1.807) is 0 Å². The van der Waals surface area contributed by atoms with E-state index in [-0.39, 0.29) is 0 Å². The molecule has 0 saturated carbocycles. The van der Waals surface area contributed by atoms with Gasteiger partial charge in [-0.05, 0) is 56.5 Å². The van der Waals surface area contributed by atoms with Gasteiger partial charge in [0.2, 0.25) is 0 Å². The molecule has 0 saturated heterocycles. The summed E-state index contributed by atoms with van der Waals surface area (Å²) in [4.78, 5) is 1.37. The molecule has 0 aromatic heterocycles. The zero-order valence-electron chi connectivity index (χ0n) is 12.6. The van der Waals surface area contributed by atoms with Gasteiger partial charge in [-0.15, -0.1) is 11.8 Å². The van der Waals surface area contributed by atoms with Crippen molar-refractivity contribution in [3.05, 3.63) is 64.2 Å². The van der Waals surface area contributed by atoms with E-state index in [1.165, 1.54) is 32.7 Å². The maximum atomic E-state index is 5.61. The maximum absolute atomic E-state index is 5.61. The normalized spacial score (nSPS) is 10.8. The van der Waals surface area contributed by atoms with E-state index < -0.39 is 0 Å². The quantitative estimate of drug-likeness (QED) is 0.824. The molecule has 0 atom stereocenters. The number of nitrogens with two attached hydrogens (primary N) is 1. The molecule has 106 valence electrons. The first kappa shape index (κ1) is 15.1. The lowest BCUT2D eigenvalue weighted by molar-refractivity contribution is 0.963. The number of hydrogen-bond donors (Lipinski definition) is 1. The fraction of sp³-hybridized carbons (Fsp3) is 0.333. The molecular weight excluding hydrogens is 262 g/mol. The molecule has 0 fully saturated rings. The van der Waals surface area contributed by atoms with Crippen LogP contribution in [0.3, 0.4) is 0 Å². The molecule has 0 aliphatic heterocycles. The Kier molecular flexibility index (Phi) is 5.27. The van der Waals surface area contributed by atoms with E-state index >= 15 is 0 Å². The Bertz CT molecular complexity index is 570. The van der Waals surface area contributed by atoms with Crippen LogP contribution in [0.4, 0.5) is 0 Å². The Labute approximate surface area is 126 Å². The van der Waals surface area contributed by atoms with Gasteiger partial charge in [-0.1, -0.05) is 41.5 Å². The SMILES string of the molecule is Cc1cc(C)cc(CSc2ccc(CCN)cc2C)c1. The van der Waals surface area contributed by atoms with Crippen molar-refractivity contribution in [3.8, 4) is 0 Å². The molecule has 0 radical (unpaired) electrons. The Hall–Kier alpha value is -1.25. The van der Waals surface area contributed by atoms with E-state index in [0.29, 0.717) is 6.54 Å². The zero-order valence-corrected chi connectivity index (χ0v) is 13.4. The van der Waals surface area contributed by atoms with Gasteiger partial charge in [0.1, 0.15) is 0 Å². The number of hydrogen-bond acceptors (Lipinski definition) is 2. The van der Waals surface area contributed by atoms with Crippen LogP contribution in [0.15, 0.2) is 41.3 Å². The van der Waals surface area contributed by atoms with Crippen molar-refractivity contribution in [2.75, 3.05) is 6.54 Å². The van der Waals surface area contributed by atoms with Crippen LogP contribution in [0, 0.1) is 20.8 Å². The molecule has 2 aromatic rings. The van der Waals surface area contributed by atoms with Crippen LogP contribution >= 0.6 is 11.8 Å². The fourth-order valence-corrected chi connectivity index (χ4v) is 3.45. The number of thioether (sulfide) groups is 1. The lowest BCUT2D eigenvalue weighted by Crippen LogP contribution is -2.02. The van der Waals surface area contributed by atoms with Crippen molar-refractivity contribution in [3.63, 3.8) is 0 Å². The number of rotatable bonds is 5. The average molecular weight is 285 g/mol. The van der Waals surface area contributed by atoms with Crippen molar-refractivity contribution in [1.29, 1.82) is 0 Å². The lowest BCUT2D eigenvalue weighted by atomic mass is 10.1. The predicted octanol–water partition coefficient (Wildman–Crippen LogP) is 4.41. The van der Waals surface area contributed by atoms with Crippen molar-refractivity contribution in [2.45, 2.75) is 37.8 Å². The molecule has 0 spiro atoms. The Morgan fingerprint density at radius 3 is 2.20 bits per heavy atom. The van der Waals surface area contributed by atoms with Crippen molar-refractivity contribution in [2.24, 2.45) is 5.73 Å². The first-order valence-electron chi connectivity index (χ1n) is 7.08. The molecule has 2 rings (SSSR count). The van der Waals surface area contributed by atoms with Crippen molar-refractivity contribution >= 4 is 11.8 Å². The summed E-state index contributed by atoms with van der Waals surface area (Å²) in [5.74, 6) is 1.03. The maximum Gasteiger partial charge on any atom is 0.0232 e. The van der Waals surface area contributed by atoms with E-state index in [2.05, 4.69) is 57.2 Å². The third-order valence-corrected chi connectivity index (χ3v) is 4.59. The predicted molar refractivity (Wildman–Crippen MR) is 89.4 cm³/mol. The minimum atomic E-state index is 0.717. The third-order valence-electron chi connectivity index (χ3n) is 3.35. The second kappa shape index (κ2) is 6.96. The first-order valence-corrected chi connectivity index (χ1v) is 8.06. The Balaban J connectivity index is 2.06. The highest BCUT2D eigenvalue weighted by molar-refractivity contribution is 7.98. The summed E-state index contributed by atoms with van der Waals surface area (Å²) in [6, 6.07) is 13.5. The van der Waals surface area contributed by atoms with Crippen molar-refractivity contribution in [1.82, 2.24) is 0 Å². The van der Waals surface area contributed by atoms with Gasteiger partial charge >= 0.3 is 0 Å². The van der Waals surface area contributed by atoms with Crippen LogP contribution in [0.5, 0.6) is 0 Å². The van der Waals surface area contributed by atoms with Crippen LogP contribution in [0.2, 0.25) is 0 Å². The van der Waals surface area contributed by atoms with Crippen LogP contribution < -0.4 is 5.73 Å².